The minimum atomic E-state index is 0.675. The second-order valence-corrected chi connectivity index (χ2v) is 7.47. The third-order valence-corrected chi connectivity index (χ3v) is 5.41. The van der Waals surface area contributed by atoms with Gasteiger partial charge in [-0.15, -0.1) is 0 Å². The normalized spacial score (nSPS) is 13.2. The molecule has 2 aromatic carbocycles. The molecule has 0 saturated heterocycles. The molecule has 1 aromatic heterocycles. The lowest BCUT2D eigenvalue weighted by molar-refractivity contribution is 0.416. The number of aromatic nitrogens is 2. The molecule has 0 unspecified atom stereocenters. The fourth-order valence-electron chi connectivity index (χ4n) is 3.49. The third kappa shape index (κ3) is 3.76. The molecule has 28 heavy (non-hydrogen) atoms. The van der Waals surface area contributed by atoms with Crippen molar-refractivity contribution in [2.45, 2.75) is 26.8 Å². The zero-order valence-corrected chi connectivity index (χ0v) is 17.0. The molecule has 0 fully saturated rings. The van der Waals surface area contributed by atoms with Crippen molar-refractivity contribution < 1.29 is 4.74 Å². The summed E-state index contributed by atoms with van der Waals surface area (Å²) in [6, 6.07) is 14.3. The molecule has 4 rings (SSSR count). The summed E-state index contributed by atoms with van der Waals surface area (Å²) in [4.78, 5) is 11.7. The zero-order chi connectivity index (χ0) is 19.7. The first-order valence-electron chi connectivity index (χ1n) is 9.32. The number of benzene rings is 2. The molecule has 0 saturated carbocycles. The summed E-state index contributed by atoms with van der Waals surface area (Å²) in [5.41, 5.74) is 5.46. The van der Waals surface area contributed by atoms with Crippen LogP contribution < -0.4 is 15.0 Å². The van der Waals surface area contributed by atoms with Gasteiger partial charge in [-0.1, -0.05) is 35.9 Å². The Hall–Kier alpha value is -2.79. The van der Waals surface area contributed by atoms with Gasteiger partial charge >= 0.3 is 0 Å². The first-order valence-corrected chi connectivity index (χ1v) is 9.70. The van der Waals surface area contributed by atoms with Gasteiger partial charge in [-0.3, -0.25) is 0 Å². The fraction of sp³-hybridized carbons (Fsp3) is 0.273. The van der Waals surface area contributed by atoms with Crippen molar-refractivity contribution in [2.24, 2.45) is 0 Å². The van der Waals surface area contributed by atoms with Crippen molar-refractivity contribution in [3.8, 4) is 5.75 Å². The van der Waals surface area contributed by atoms with Crippen LogP contribution in [0.3, 0.4) is 0 Å². The molecular weight excluding hydrogens is 372 g/mol. The molecule has 6 heteroatoms. The molecule has 0 atom stereocenters. The number of aryl methyl sites for hydroxylation is 2. The summed E-state index contributed by atoms with van der Waals surface area (Å²) < 4.78 is 5.47. The number of anilines is 3. The first kappa shape index (κ1) is 18.6. The SMILES string of the molecule is COc1cc(Cl)c(C)cc1Nc1cc(C)nc(N2CCc3ccccc3C2)n1. The Labute approximate surface area is 170 Å². The minimum absolute atomic E-state index is 0.675. The molecule has 0 spiro atoms. The quantitative estimate of drug-likeness (QED) is 0.670. The molecule has 0 amide bonds. The molecular formula is C22H23ClN4O. The van der Waals surface area contributed by atoms with Crippen molar-refractivity contribution in [1.29, 1.82) is 0 Å². The van der Waals surface area contributed by atoms with Crippen LogP contribution in [0.25, 0.3) is 0 Å². The van der Waals surface area contributed by atoms with Crippen LogP contribution in [0, 0.1) is 13.8 Å². The van der Waals surface area contributed by atoms with Gasteiger partial charge in [0.25, 0.3) is 0 Å². The number of hydrogen-bond donors (Lipinski definition) is 1. The lowest BCUT2D eigenvalue weighted by atomic mass is 10.0. The third-order valence-electron chi connectivity index (χ3n) is 5.00. The molecule has 144 valence electrons. The molecule has 5 nitrogen and oxygen atoms in total. The molecule has 2 heterocycles. The van der Waals surface area contributed by atoms with Gasteiger partial charge < -0.3 is 15.0 Å². The molecule has 1 aliphatic rings. The number of nitrogens with zero attached hydrogens (tertiary/aromatic N) is 3. The summed E-state index contributed by atoms with van der Waals surface area (Å²) in [6.45, 7) is 5.68. The highest BCUT2D eigenvalue weighted by molar-refractivity contribution is 6.31. The van der Waals surface area contributed by atoms with Gasteiger partial charge in [0.05, 0.1) is 12.8 Å². The molecule has 0 bridgehead atoms. The maximum atomic E-state index is 6.22. The van der Waals surface area contributed by atoms with Gasteiger partial charge in [-0.2, -0.15) is 4.98 Å². The monoisotopic (exact) mass is 394 g/mol. The Balaban J connectivity index is 1.63. The van der Waals surface area contributed by atoms with Crippen LogP contribution in [-0.2, 0) is 13.0 Å². The second kappa shape index (κ2) is 7.68. The number of rotatable bonds is 4. The van der Waals surface area contributed by atoms with E-state index in [2.05, 4.69) is 39.5 Å². The maximum absolute atomic E-state index is 6.22. The highest BCUT2D eigenvalue weighted by Gasteiger charge is 2.19. The average molecular weight is 395 g/mol. The largest absolute Gasteiger partial charge is 0.495 e. The fourth-order valence-corrected chi connectivity index (χ4v) is 3.65. The highest BCUT2D eigenvalue weighted by atomic mass is 35.5. The van der Waals surface area contributed by atoms with E-state index < -0.39 is 0 Å². The molecule has 1 aliphatic heterocycles. The van der Waals surface area contributed by atoms with Gasteiger partial charge in [0.15, 0.2) is 0 Å². The van der Waals surface area contributed by atoms with Gasteiger partial charge in [0.2, 0.25) is 5.95 Å². The first-order chi connectivity index (χ1) is 13.5. The van der Waals surface area contributed by atoms with Crippen LogP contribution in [0.1, 0.15) is 22.4 Å². The van der Waals surface area contributed by atoms with Gasteiger partial charge in [0.1, 0.15) is 11.6 Å². The van der Waals surface area contributed by atoms with E-state index >= 15 is 0 Å². The smallest absolute Gasteiger partial charge is 0.227 e. The van der Waals surface area contributed by atoms with Gasteiger partial charge in [-0.25, -0.2) is 4.98 Å². The van der Waals surface area contributed by atoms with E-state index in [1.807, 2.05) is 32.0 Å². The van der Waals surface area contributed by atoms with Crippen molar-refractivity contribution in [3.63, 3.8) is 0 Å². The highest BCUT2D eigenvalue weighted by Crippen LogP contribution is 2.33. The molecule has 1 N–H and O–H groups in total. The van der Waals surface area contributed by atoms with Crippen LogP contribution >= 0.6 is 11.6 Å². The molecule has 0 aliphatic carbocycles. The predicted octanol–water partition coefficient (Wildman–Crippen LogP) is 5.06. The number of nitrogens with one attached hydrogen (secondary N) is 1. The molecule has 0 radical (unpaired) electrons. The van der Waals surface area contributed by atoms with Crippen LogP contribution in [0.5, 0.6) is 5.75 Å². The Kier molecular flexibility index (Phi) is 5.09. The van der Waals surface area contributed by atoms with Crippen LogP contribution in [0.2, 0.25) is 5.02 Å². The Bertz CT molecular complexity index is 1020. The number of ether oxygens (including phenoxy) is 1. The summed E-state index contributed by atoms with van der Waals surface area (Å²) in [5.74, 6) is 2.16. The Morgan fingerprint density at radius 2 is 1.86 bits per heavy atom. The van der Waals surface area contributed by atoms with E-state index in [1.165, 1.54) is 11.1 Å². The Morgan fingerprint density at radius 3 is 2.64 bits per heavy atom. The van der Waals surface area contributed by atoms with Crippen molar-refractivity contribution in [1.82, 2.24) is 9.97 Å². The van der Waals surface area contributed by atoms with E-state index in [0.29, 0.717) is 10.8 Å². The standard InChI is InChI=1S/C22H23ClN4O/c1-14-10-19(20(28-3)12-18(14)23)25-21-11-15(2)24-22(26-21)27-9-8-16-6-4-5-7-17(16)13-27/h4-7,10-12H,8-9,13H2,1-3H3,(H,24,25,26). The number of hydrogen-bond acceptors (Lipinski definition) is 5. The lowest BCUT2D eigenvalue weighted by Crippen LogP contribution is -2.32. The van der Waals surface area contributed by atoms with Crippen LogP contribution in [0.4, 0.5) is 17.5 Å². The number of methoxy groups -OCH3 is 1. The van der Waals surface area contributed by atoms with Crippen LogP contribution in [-0.4, -0.2) is 23.6 Å². The summed E-state index contributed by atoms with van der Waals surface area (Å²) in [6.07, 6.45) is 1.00. The predicted molar refractivity (Wildman–Crippen MR) is 114 cm³/mol. The number of fused-ring (bicyclic) bond motifs is 1. The van der Waals surface area contributed by atoms with E-state index in [0.717, 1.165) is 48.2 Å². The maximum Gasteiger partial charge on any atom is 0.227 e. The van der Waals surface area contributed by atoms with Crippen LogP contribution in [0.15, 0.2) is 42.5 Å². The van der Waals surface area contributed by atoms with E-state index in [-0.39, 0.29) is 0 Å². The zero-order valence-electron chi connectivity index (χ0n) is 16.3. The average Bonchev–Trinajstić information content (AvgIpc) is 2.69. The van der Waals surface area contributed by atoms with Gasteiger partial charge in [-0.05, 0) is 43.0 Å². The summed E-state index contributed by atoms with van der Waals surface area (Å²) in [5, 5.41) is 4.04. The number of halogens is 1. The molecule has 3 aromatic rings. The summed E-state index contributed by atoms with van der Waals surface area (Å²) in [7, 11) is 1.63. The topological polar surface area (TPSA) is 50.3 Å². The minimum Gasteiger partial charge on any atom is -0.495 e. The Morgan fingerprint density at radius 1 is 1.07 bits per heavy atom. The summed E-state index contributed by atoms with van der Waals surface area (Å²) >= 11 is 6.22. The van der Waals surface area contributed by atoms with E-state index in [1.54, 1.807) is 7.11 Å². The van der Waals surface area contributed by atoms with Gasteiger partial charge in [0, 0.05) is 35.9 Å². The van der Waals surface area contributed by atoms with Crippen molar-refractivity contribution >= 4 is 29.1 Å². The van der Waals surface area contributed by atoms with Crippen molar-refractivity contribution in [2.75, 3.05) is 23.9 Å². The van der Waals surface area contributed by atoms with Crippen molar-refractivity contribution in [3.05, 3.63) is 69.9 Å². The van der Waals surface area contributed by atoms with E-state index in [9.17, 15) is 0 Å². The van der Waals surface area contributed by atoms with E-state index in [4.69, 9.17) is 21.3 Å². The second-order valence-electron chi connectivity index (χ2n) is 7.06. The lowest BCUT2D eigenvalue weighted by Gasteiger charge is -2.29.